The van der Waals surface area contributed by atoms with Crippen LogP contribution in [0.5, 0.6) is 0 Å². The molecule has 0 aromatic carbocycles. The molecule has 1 saturated carbocycles. The highest BCUT2D eigenvalue weighted by Crippen LogP contribution is 2.39. The van der Waals surface area contributed by atoms with Gasteiger partial charge < -0.3 is 15.3 Å². The van der Waals surface area contributed by atoms with E-state index in [9.17, 15) is 5.11 Å². The van der Waals surface area contributed by atoms with Crippen LogP contribution in [-0.2, 0) is 0 Å². The second-order valence-electron chi connectivity index (χ2n) is 7.89. The second kappa shape index (κ2) is 6.76. The maximum absolute atomic E-state index is 10.7. The zero-order valence-electron chi connectivity index (χ0n) is 13.7. The summed E-state index contributed by atoms with van der Waals surface area (Å²) in [5.41, 5.74) is -0.0200. The summed E-state index contributed by atoms with van der Waals surface area (Å²) in [4.78, 5) is 2.57. The Labute approximate surface area is 125 Å². The van der Waals surface area contributed by atoms with E-state index in [1.807, 2.05) is 0 Å². The van der Waals surface area contributed by atoms with Crippen LogP contribution in [0.4, 0.5) is 0 Å². The normalized spacial score (nSPS) is 27.6. The minimum Gasteiger partial charge on any atom is -0.389 e. The number of piperidine rings is 1. The Kier molecular flexibility index (Phi) is 5.49. The minimum atomic E-state index is -0.448. The van der Waals surface area contributed by atoms with Gasteiger partial charge in [-0.2, -0.15) is 0 Å². The van der Waals surface area contributed by atoms with Gasteiger partial charge in [-0.25, -0.2) is 0 Å². The lowest BCUT2D eigenvalue weighted by atomic mass is 9.71. The fraction of sp³-hybridized carbons (Fsp3) is 1.00. The Morgan fingerprint density at radius 2 is 1.70 bits per heavy atom. The Balaban J connectivity index is 1.68. The maximum atomic E-state index is 10.7. The first kappa shape index (κ1) is 16.3. The van der Waals surface area contributed by atoms with Crippen molar-refractivity contribution in [2.75, 3.05) is 26.2 Å². The Bertz CT molecular complexity index is 285. The SMILES string of the molecule is CCCN1CCC(NCC2(O)CCC(C)(C)CC2)CC1. The van der Waals surface area contributed by atoms with Gasteiger partial charge in [-0.15, -0.1) is 0 Å². The third-order valence-corrected chi connectivity index (χ3v) is 5.38. The Morgan fingerprint density at radius 1 is 1.10 bits per heavy atom. The molecule has 2 fully saturated rings. The monoisotopic (exact) mass is 282 g/mol. The Morgan fingerprint density at radius 3 is 2.25 bits per heavy atom. The van der Waals surface area contributed by atoms with Crippen LogP contribution in [0.2, 0.25) is 0 Å². The molecule has 2 N–H and O–H groups in total. The number of hydrogen-bond donors (Lipinski definition) is 2. The summed E-state index contributed by atoms with van der Waals surface area (Å²) >= 11 is 0. The first-order valence-corrected chi connectivity index (χ1v) is 8.61. The molecule has 0 spiro atoms. The van der Waals surface area contributed by atoms with Gasteiger partial charge in [-0.3, -0.25) is 0 Å². The average molecular weight is 282 g/mol. The molecular formula is C17H34N2O. The number of aliphatic hydroxyl groups is 1. The van der Waals surface area contributed by atoms with E-state index in [1.54, 1.807) is 0 Å². The van der Waals surface area contributed by atoms with Crippen molar-refractivity contribution in [1.29, 1.82) is 0 Å². The molecule has 2 aliphatic rings. The topological polar surface area (TPSA) is 35.5 Å². The third kappa shape index (κ3) is 4.71. The van der Waals surface area contributed by atoms with E-state index in [-0.39, 0.29) is 0 Å². The number of nitrogens with one attached hydrogen (secondary N) is 1. The standard InChI is InChI=1S/C17H34N2O/c1-4-11-19-12-5-15(6-13-19)18-14-17(20)9-7-16(2,3)8-10-17/h15,18,20H,4-14H2,1-3H3. The molecule has 0 radical (unpaired) electrons. The summed E-state index contributed by atoms with van der Waals surface area (Å²) in [6.07, 6.45) is 7.96. The van der Waals surface area contributed by atoms with E-state index in [1.165, 1.54) is 38.9 Å². The highest BCUT2D eigenvalue weighted by atomic mass is 16.3. The summed E-state index contributed by atoms with van der Waals surface area (Å²) < 4.78 is 0. The first-order chi connectivity index (χ1) is 9.42. The number of hydrogen-bond acceptors (Lipinski definition) is 3. The molecule has 0 atom stereocenters. The van der Waals surface area contributed by atoms with Gasteiger partial charge in [0.1, 0.15) is 0 Å². The molecule has 2 rings (SSSR count). The van der Waals surface area contributed by atoms with Crippen LogP contribution in [0.25, 0.3) is 0 Å². The van der Waals surface area contributed by atoms with Crippen molar-refractivity contribution in [3.63, 3.8) is 0 Å². The Hall–Kier alpha value is -0.120. The van der Waals surface area contributed by atoms with Crippen molar-refractivity contribution in [1.82, 2.24) is 10.2 Å². The van der Waals surface area contributed by atoms with Crippen molar-refractivity contribution < 1.29 is 5.11 Å². The van der Waals surface area contributed by atoms with E-state index in [2.05, 4.69) is 31.0 Å². The number of nitrogens with zero attached hydrogens (tertiary/aromatic N) is 1. The van der Waals surface area contributed by atoms with Crippen molar-refractivity contribution >= 4 is 0 Å². The predicted octanol–water partition coefficient (Wildman–Crippen LogP) is 2.78. The van der Waals surface area contributed by atoms with Crippen LogP contribution in [0.3, 0.4) is 0 Å². The van der Waals surface area contributed by atoms with E-state index in [0.717, 1.165) is 32.2 Å². The highest BCUT2D eigenvalue weighted by Gasteiger charge is 2.36. The summed E-state index contributed by atoms with van der Waals surface area (Å²) in [6.45, 7) is 11.4. The molecule has 1 saturated heterocycles. The van der Waals surface area contributed by atoms with E-state index in [0.29, 0.717) is 11.5 Å². The van der Waals surface area contributed by atoms with Gasteiger partial charge in [0.05, 0.1) is 5.60 Å². The quantitative estimate of drug-likeness (QED) is 0.814. The van der Waals surface area contributed by atoms with Gasteiger partial charge >= 0.3 is 0 Å². The van der Waals surface area contributed by atoms with Crippen molar-refractivity contribution in [3.8, 4) is 0 Å². The molecule has 20 heavy (non-hydrogen) atoms. The van der Waals surface area contributed by atoms with Crippen LogP contribution in [0.1, 0.15) is 65.7 Å². The minimum absolute atomic E-state index is 0.428. The van der Waals surface area contributed by atoms with Crippen molar-refractivity contribution in [3.05, 3.63) is 0 Å². The van der Waals surface area contributed by atoms with Crippen LogP contribution >= 0.6 is 0 Å². The lowest BCUT2D eigenvalue weighted by Gasteiger charge is -2.41. The molecular weight excluding hydrogens is 248 g/mol. The van der Waals surface area contributed by atoms with Gasteiger partial charge in [0.2, 0.25) is 0 Å². The van der Waals surface area contributed by atoms with Crippen LogP contribution < -0.4 is 5.32 Å². The fourth-order valence-corrected chi connectivity index (χ4v) is 3.58. The van der Waals surface area contributed by atoms with E-state index in [4.69, 9.17) is 0 Å². The largest absolute Gasteiger partial charge is 0.389 e. The zero-order valence-corrected chi connectivity index (χ0v) is 13.7. The third-order valence-electron chi connectivity index (χ3n) is 5.38. The first-order valence-electron chi connectivity index (χ1n) is 8.61. The molecule has 0 bridgehead atoms. The van der Waals surface area contributed by atoms with Crippen LogP contribution in [0, 0.1) is 5.41 Å². The highest BCUT2D eigenvalue weighted by molar-refractivity contribution is 4.91. The van der Waals surface area contributed by atoms with Crippen molar-refractivity contribution in [2.45, 2.75) is 77.4 Å². The number of likely N-dealkylation sites (tertiary alicyclic amines) is 1. The molecule has 1 aliphatic heterocycles. The summed E-state index contributed by atoms with van der Waals surface area (Å²) in [5.74, 6) is 0. The molecule has 3 nitrogen and oxygen atoms in total. The molecule has 1 heterocycles. The van der Waals surface area contributed by atoms with E-state index >= 15 is 0 Å². The molecule has 0 aromatic rings. The molecule has 3 heteroatoms. The van der Waals surface area contributed by atoms with Gasteiger partial charge in [0, 0.05) is 12.6 Å². The number of rotatable bonds is 5. The van der Waals surface area contributed by atoms with Crippen molar-refractivity contribution in [2.24, 2.45) is 5.41 Å². The molecule has 1 aliphatic carbocycles. The molecule has 0 unspecified atom stereocenters. The molecule has 118 valence electrons. The predicted molar refractivity (Wildman–Crippen MR) is 85.0 cm³/mol. The smallest absolute Gasteiger partial charge is 0.0772 e. The summed E-state index contributed by atoms with van der Waals surface area (Å²) in [6, 6.07) is 0.613. The average Bonchev–Trinajstić information content (AvgIpc) is 2.43. The zero-order chi connectivity index (χ0) is 14.6. The lowest BCUT2D eigenvalue weighted by Crippen LogP contribution is -2.50. The summed E-state index contributed by atoms with van der Waals surface area (Å²) in [7, 11) is 0. The van der Waals surface area contributed by atoms with Crippen LogP contribution in [-0.4, -0.2) is 47.8 Å². The molecule has 0 amide bonds. The van der Waals surface area contributed by atoms with Gasteiger partial charge in [0.15, 0.2) is 0 Å². The maximum Gasteiger partial charge on any atom is 0.0772 e. The second-order valence-corrected chi connectivity index (χ2v) is 7.89. The van der Waals surface area contributed by atoms with Gasteiger partial charge in [-0.05, 0) is 70.0 Å². The lowest BCUT2D eigenvalue weighted by molar-refractivity contribution is -0.0273. The van der Waals surface area contributed by atoms with Crippen LogP contribution in [0.15, 0.2) is 0 Å². The van der Waals surface area contributed by atoms with E-state index < -0.39 is 5.60 Å². The van der Waals surface area contributed by atoms with Gasteiger partial charge in [-0.1, -0.05) is 20.8 Å². The fourth-order valence-electron chi connectivity index (χ4n) is 3.58. The van der Waals surface area contributed by atoms with Gasteiger partial charge in [0.25, 0.3) is 0 Å². The molecule has 0 aromatic heterocycles. The summed E-state index contributed by atoms with van der Waals surface area (Å²) in [5, 5.41) is 14.3.